The lowest BCUT2D eigenvalue weighted by molar-refractivity contribution is 0.285. The molecule has 1 aliphatic rings. The average Bonchev–Trinajstić information content (AvgIpc) is 2.46. The van der Waals surface area contributed by atoms with Crippen LogP contribution in [0.25, 0.3) is 5.57 Å². The molecule has 0 bridgehead atoms. The summed E-state index contributed by atoms with van der Waals surface area (Å²) < 4.78 is 0. The number of rotatable bonds is 5. The van der Waals surface area contributed by atoms with Crippen molar-refractivity contribution in [3.8, 4) is 0 Å². The van der Waals surface area contributed by atoms with Gasteiger partial charge in [0, 0.05) is 12.6 Å². The standard InChI is InChI=1S/C17H25N/c1-3-15-8-7-11-17(12-15)18-13-14(2)16-9-5-4-6-10-16/h4-6,9-10,15,17-18H,2-3,7-8,11-13H2,1H3. The first-order valence-electron chi connectivity index (χ1n) is 7.26. The molecule has 1 N–H and O–H groups in total. The van der Waals surface area contributed by atoms with E-state index in [9.17, 15) is 0 Å². The molecule has 1 aromatic rings. The molecule has 2 unspecified atom stereocenters. The Morgan fingerprint density at radius 1 is 1.28 bits per heavy atom. The van der Waals surface area contributed by atoms with Gasteiger partial charge in [-0.05, 0) is 29.9 Å². The molecule has 0 heterocycles. The maximum absolute atomic E-state index is 4.19. The van der Waals surface area contributed by atoms with Crippen LogP contribution in [0.1, 0.15) is 44.6 Å². The average molecular weight is 243 g/mol. The smallest absolute Gasteiger partial charge is 0.0208 e. The van der Waals surface area contributed by atoms with Gasteiger partial charge in [-0.25, -0.2) is 0 Å². The SMILES string of the molecule is C=C(CNC1CCCC(CC)C1)c1ccccc1. The third kappa shape index (κ3) is 3.71. The van der Waals surface area contributed by atoms with Crippen LogP contribution < -0.4 is 5.32 Å². The Labute approximate surface area is 111 Å². The van der Waals surface area contributed by atoms with E-state index in [-0.39, 0.29) is 0 Å². The van der Waals surface area contributed by atoms with Crippen molar-refractivity contribution < 1.29 is 0 Å². The molecule has 1 saturated carbocycles. The first kappa shape index (κ1) is 13.4. The Kier molecular flexibility index (Phi) is 5.00. The van der Waals surface area contributed by atoms with Crippen LogP contribution in [-0.4, -0.2) is 12.6 Å². The number of nitrogens with one attached hydrogen (secondary N) is 1. The summed E-state index contributed by atoms with van der Waals surface area (Å²) in [7, 11) is 0. The van der Waals surface area contributed by atoms with E-state index in [0.29, 0.717) is 6.04 Å². The summed E-state index contributed by atoms with van der Waals surface area (Å²) in [5.41, 5.74) is 2.46. The lowest BCUT2D eigenvalue weighted by Crippen LogP contribution is -2.34. The molecule has 0 aliphatic heterocycles. The molecule has 98 valence electrons. The third-order valence-corrected chi connectivity index (χ3v) is 4.15. The molecular weight excluding hydrogens is 218 g/mol. The van der Waals surface area contributed by atoms with Gasteiger partial charge in [-0.3, -0.25) is 0 Å². The van der Waals surface area contributed by atoms with E-state index < -0.39 is 0 Å². The molecule has 1 aliphatic carbocycles. The molecule has 0 radical (unpaired) electrons. The molecule has 0 spiro atoms. The highest BCUT2D eigenvalue weighted by Gasteiger charge is 2.20. The summed E-state index contributed by atoms with van der Waals surface area (Å²) in [6, 6.07) is 11.2. The topological polar surface area (TPSA) is 12.0 Å². The van der Waals surface area contributed by atoms with Crippen LogP contribution in [0.3, 0.4) is 0 Å². The molecule has 1 heteroatoms. The van der Waals surface area contributed by atoms with Crippen molar-refractivity contribution in [2.75, 3.05) is 6.54 Å². The highest BCUT2D eigenvalue weighted by Crippen LogP contribution is 2.26. The summed E-state index contributed by atoms with van der Waals surface area (Å²) in [4.78, 5) is 0. The van der Waals surface area contributed by atoms with Crippen molar-refractivity contribution in [1.29, 1.82) is 0 Å². The van der Waals surface area contributed by atoms with Crippen LogP contribution in [0.15, 0.2) is 36.9 Å². The maximum Gasteiger partial charge on any atom is 0.0208 e. The highest BCUT2D eigenvalue weighted by atomic mass is 14.9. The summed E-state index contributed by atoms with van der Waals surface area (Å²) in [6.45, 7) is 7.42. The number of hydrogen-bond acceptors (Lipinski definition) is 1. The van der Waals surface area contributed by atoms with Gasteiger partial charge in [0.15, 0.2) is 0 Å². The Morgan fingerprint density at radius 2 is 2.06 bits per heavy atom. The molecule has 1 fully saturated rings. The second-order valence-electron chi connectivity index (χ2n) is 5.49. The predicted molar refractivity (Wildman–Crippen MR) is 79.5 cm³/mol. The van der Waals surface area contributed by atoms with Gasteiger partial charge >= 0.3 is 0 Å². The van der Waals surface area contributed by atoms with Crippen LogP contribution in [0.4, 0.5) is 0 Å². The monoisotopic (exact) mass is 243 g/mol. The van der Waals surface area contributed by atoms with E-state index in [1.165, 1.54) is 43.2 Å². The van der Waals surface area contributed by atoms with Crippen LogP contribution in [0.5, 0.6) is 0 Å². The van der Waals surface area contributed by atoms with E-state index >= 15 is 0 Å². The Bertz CT molecular complexity index is 368. The number of hydrogen-bond donors (Lipinski definition) is 1. The summed E-state index contributed by atoms with van der Waals surface area (Å²) in [5.74, 6) is 0.932. The van der Waals surface area contributed by atoms with Gasteiger partial charge < -0.3 is 5.32 Å². The molecule has 1 aromatic carbocycles. The molecule has 18 heavy (non-hydrogen) atoms. The molecule has 2 atom stereocenters. The molecule has 0 saturated heterocycles. The summed E-state index contributed by atoms with van der Waals surface area (Å²) in [5, 5.41) is 3.68. The largest absolute Gasteiger partial charge is 0.310 e. The second-order valence-corrected chi connectivity index (χ2v) is 5.49. The van der Waals surface area contributed by atoms with Gasteiger partial charge in [-0.1, -0.05) is 63.1 Å². The van der Waals surface area contributed by atoms with Gasteiger partial charge in [-0.15, -0.1) is 0 Å². The van der Waals surface area contributed by atoms with Gasteiger partial charge in [0.1, 0.15) is 0 Å². The maximum atomic E-state index is 4.19. The quantitative estimate of drug-likeness (QED) is 0.815. The van der Waals surface area contributed by atoms with Crippen LogP contribution in [0, 0.1) is 5.92 Å². The minimum atomic E-state index is 0.698. The minimum Gasteiger partial charge on any atom is -0.310 e. The zero-order valence-corrected chi connectivity index (χ0v) is 11.5. The molecule has 1 nitrogen and oxygen atoms in total. The number of benzene rings is 1. The van der Waals surface area contributed by atoms with Crippen molar-refractivity contribution in [3.63, 3.8) is 0 Å². The van der Waals surface area contributed by atoms with Crippen LogP contribution >= 0.6 is 0 Å². The van der Waals surface area contributed by atoms with Gasteiger partial charge in [0.05, 0.1) is 0 Å². The van der Waals surface area contributed by atoms with Crippen molar-refractivity contribution in [3.05, 3.63) is 42.5 Å². The lowest BCUT2D eigenvalue weighted by atomic mass is 9.84. The Morgan fingerprint density at radius 3 is 2.78 bits per heavy atom. The van der Waals surface area contributed by atoms with E-state index in [2.05, 4.69) is 49.2 Å². The van der Waals surface area contributed by atoms with Gasteiger partial charge in [-0.2, -0.15) is 0 Å². The van der Waals surface area contributed by atoms with Crippen molar-refractivity contribution in [1.82, 2.24) is 5.32 Å². The normalized spacial score (nSPS) is 23.8. The minimum absolute atomic E-state index is 0.698. The Hall–Kier alpha value is -1.08. The first-order chi connectivity index (χ1) is 8.79. The lowest BCUT2D eigenvalue weighted by Gasteiger charge is -2.29. The van der Waals surface area contributed by atoms with E-state index in [0.717, 1.165) is 12.5 Å². The summed E-state index contributed by atoms with van der Waals surface area (Å²) >= 11 is 0. The van der Waals surface area contributed by atoms with Crippen molar-refractivity contribution in [2.45, 2.75) is 45.1 Å². The molecule has 2 rings (SSSR count). The Balaban J connectivity index is 1.79. The van der Waals surface area contributed by atoms with E-state index in [4.69, 9.17) is 0 Å². The first-order valence-corrected chi connectivity index (χ1v) is 7.26. The second kappa shape index (κ2) is 6.75. The van der Waals surface area contributed by atoms with Gasteiger partial charge in [0.2, 0.25) is 0 Å². The third-order valence-electron chi connectivity index (χ3n) is 4.15. The summed E-state index contributed by atoms with van der Waals surface area (Å²) in [6.07, 6.45) is 6.82. The fourth-order valence-electron chi connectivity index (χ4n) is 2.89. The highest BCUT2D eigenvalue weighted by molar-refractivity contribution is 5.64. The van der Waals surface area contributed by atoms with Crippen LogP contribution in [0.2, 0.25) is 0 Å². The van der Waals surface area contributed by atoms with Crippen molar-refractivity contribution >= 4 is 5.57 Å². The fraction of sp³-hybridized carbons (Fsp3) is 0.529. The molecule has 0 amide bonds. The predicted octanol–water partition coefficient (Wildman–Crippen LogP) is 4.26. The van der Waals surface area contributed by atoms with E-state index in [1.807, 2.05) is 0 Å². The molecule has 0 aromatic heterocycles. The fourth-order valence-corrected chi connectivity index (χ4v) is 2.89. The van der Waals surface area contributed by atoms with Crippen LogP contribution in [-0.2, 0) is 0 Å². The van der Waals surface area contributed by atoms with Gasteiger partial charge in [0.25, 0.3) is 0 Å². The van der Waals surface area contributed by atoms with Crippen molar-refractivity contribution in [2.24, 2.45) is 5.92 Å². The molecular formula is C17H25N. The van der Waals surface area contributed by atoms with E-state index in [1.54, 1.807) is 0 Å². The zero-order chi connectivity index (χ0) is 12.8. The zero-order valence-electron chi connectivity index (χ0n) is 11.5.